The number of nitrogens with two attached hydrogens (primary N) is 1. The molecule has 0 amide bonds. The quantitative estimate of drug-likeness (QED) is 0.241. The Morgan fingerprint density at radius 2 is 2.37 bits per heavy atom. The second-order valence-corrected chi connectivity index (χ2v) is 4.19. The van der Waals surface area contributed by atoms with Crippen LogP contribution in [0.2, 0.25) is 0 Å². The van der Waals surface area contributed by atoms with Gasteiger partial charge in [0.15, 0.2) is 5.84 Å². The van der Waals surface area contributed by atoms with Crippen LogP contribution in [0.3, 0.4) is 0 Å². The van der Waals surface area contributed by atoms with Crippen molar-refractivity contribution in [3.05, 3.63) is 35.1 Å². The van der Waals surface area contributed by atoms with E-state index in [0.29, 0.717) is 24.1 Å². The number of rotatable bonds is 6. The minimum absolute atomic E-state index is 0.114. The summed E-state index contributed by atoms with van der Waals surface area (Å²) in [4.78, 5) is 0. The molecule has 0 aromatic heterocycles. The molecule has 0 bridgehead atoms. The van der Waals surface area contributed by atoms with Gasteiger partial charge in [-0.25, -0.2) is 4.39 Å². The molecule has 1 unspecified atom stereocenters. The third-order valence-corrected chi connectivity index (χ3v) is 2.89. The molecule has 0 aliphatic rings. The van der Waals surface area contributed by atoms with E-state index in [1.165, 1.54) is 6.07 Å². The van der Waals surface area contributed by atoms with Gasteiger partial charge in [-0.15, -0.1) is 12.3 Å². The predicted octanol–water partition coefficient (Wildman–Crippen LogP) is 1.81. The van der Waals surface area contributed by atoms with E-state index in [9.17, 15) is 4.39 Å². The second-order valence-electron chi connectivity index (χ2n) is 4.19. The first-order valence-corrected chi connectivity index (χ1v) is 6.05. The minimum atomic E-state index is -0.396. The fourth-order valence-corrected chi connectivity index (χ4v) is 1.67. The summed E-state index contributed by atoms with van der Waals surface area (Å²) in [6, 6.07) is 4.64. The van der Waals surface area contributed by atoms with Crippen molar-refractivity contribution in [3.63, 3.8) is 0 Å². The van der Waals surface area contributed by atoms with Crippen molar-refractivity contribution in [1.29, 1.82) is 0 Å². The van der Waals surface area contributed by atoms with Crippen LogP contribution in [-0.2, 0) is 6.54 Å². The van der Waals surface area contributed by atoms with Crippen molar-refractivity contribution in [1.82, 2.24) is 5.32 Å². The van der Waals surface area contributed by atoms with Gasteiger partial charge >= 0.3 is 0 Å². The number of oxime groups is 1. The van der Waals surface area contributed by atoms with Crippen LogP contribution in [0.4, 0.5) is 4.39 Å². The molecule has 0 spiro atoms. The molecule has 0 heterocycles. The first-order valence-electron chi connectivity index (χ1n) is 6.05. The lowest BCUT2D eigenvalue weighted by Crippen LogP contribution is -2.27. The summed E-state index contributed by atoms with van der Waals surface area (Å²) in [5.41, 5.74) is 6.26. The summed E-state index contributed by atoms with van der Waals surface area (Å²) in [7, 11) is 0. The van der Waals surface area contributed by atoms with Crippen molar-refractivity contribution in [3.8, 4) is 12.3 Å². The highest BCUT2D eigenvalue weighted by Gasteiger charge is 2.09. The minimum Gasteiger partial charge on any atom is -0.409 e. The molecule has 1 aromatic carbocycles. The van der Waals surface area contributed by atoms with Gasteiger partial charge < -0.3 is 16.3 Å². The molecule has 5 heteroatoms. The van der Waals surface area contributed by atoms with Crippen molar-refractivity contribution >= 4 is 5.84 Å². The van der Waals surface area contributed by atoms with Gasteiger partial charge in [-0.1, -0.05) is 24.2 Å². The lowest BCUT2D eigenvalue weighted by molar-refractivity contribution is 0.318. The summed E-state index contributed by atoms with van der Waals surface area (Å²) < 4.78 is 13.8. The molecule has 1 aromatic rings. The summed E-state index contributed by atoms with van der Waals surface area (Å²) in [5.74, 6) is 2.08. The van der Waals surface area contributed by atoms with E-state index >= 15 is 0 Å². The number of nitrogens with one attached hydrogen (secondary N) is 1. The Labute approximate surface area is 112 Å². The molecule has 4 N–H and O–H groups in total. The third-order valence-electron chi connectivity index (χ3n) is 2.89. The Morgan fingerprint density at radius 1 is 1.63 bits per heavy atom. The highest BCUT2D eigenvalue weighted by molar-refractivity contribution is 5.97. The normalized spacial score (nSPS) is 13.0. The van der Waals surface area contributed by atoms with E-state index in [2.05, 4.69) is 16.4 Å². The average Bonchev–Trinajstić information content (AvgIpc) is 2.43. The Bertz CT molecular complexity index is 494. The molecule has 0 saturated heterocycles. The smallest absolute Gasteiger partial charge is 0.170 e. The van der Waals surface area contributed by atoms with Crippen LogP contribution in [0.1, 0.15) is 30.9 Å². The number of terminal acetylenes is 1. The van der Waals surface area contributed by atoms with E-state index in [0.717, 1.165) is 6.42 Å². The van der Waals surface area contributed by atoms with Gasteiger partial charge in [-0.05, 0) is 12.5 Å². The summed E-state index contributed by atoms with van der Waals surface area (Å²) in [5, 5.41) is 14.6. The molecular weight excluding hydrogens is 245 g/mol. The third kappa shape index (κ3) is 4.27. The highest BCUT2D eigenvalue weighted by atomic mass is 19.1. The number of amidine groups is 1. The van der Waals surface area contributed by atoms with Gasteiger partial charge in [-0.3, -0.25) is 0 Å². The van der Waals surface area contributed by atoms with Gasteiger partial charge in [0, 0.05) is 30.1 Å². The Hall–Kier alpha value is -2.06. The lowest BCUT2D eigenvalue weighted by Gasteiger charge is -2.14. The standard InChI is InChI=1S/C14H18FN3O/c1-3-5-12(4-2)17-9-11-7-6-10(8-13(11)15)14(16)18-19/h1,6-8,12,17,19H,4-5,9H2,2H3,(H2,16,18). The van der Waals surface area contributed by atoms with Crippen LogP contribution in [0, 0.1) is 18.2 Å². The second kappa shape index (κ2) is 7.39. The predicted molar refractivity (Wildman–Crippen MR) is 73.3 cm³/mol. The molecule has 0 radical (unpaired) electrons. The van der Waals surface area contributed by atoms with Crippen molar-refractivity contribution in [2.75, 3.05) is 0 Å². The van der Waals surface area contributed by atoms with Crippen molar-refractivity contribution in [2.45, 2.75) is 32.4 Å². The molecule has 1 rings (SSSR count). The first-order chi connectivity index (χ1) is 9.12. The number of halogens is 1. The van der Waals surface area contributed by atoms with E-state index < -0.39 is 5.82 Å². The maximum Gasteiger partial charge on any atom is 0.170 e. The first kappa shape index (κ1) is 15.0. The van der Waals surface area contributed by atoms with Crippen molar-refractivity contribution < 1.29 is 9.60 Å². The maximum absolute atomic E-state index is 13.8. The topological polar surface area (TPSA) is 70.6 Å². The molecule has 0 aliphatic heterocycles. The summed E-state index contributed by atoms with van der Waals surface area (Å²) >= 11 is 0. The summed E-state index contributed by atoms with van der Waals surface area (Å²) in [6.07, 6.45) is 6.75. The summed E-state index contributed by atoms with van der Waals surface area (Å²) in [6.45, 7) is 2.41. The molecule has 0 saturated carbocycles. The number of hydrogen-bond donors (Lipinski definition) is 3. The maximum atomic E-state index is 13.8. The van der Waals surface area contributed by atoms with Gasteiger partial charge in [0.2, 0.25) is 0 Å². The van der Waals surface area contributed by atoms with Crippen LogP contribution >= 0.6 is 0 Å². The zero-order valence-corrected chi connectivity index (χ0v) is 10.9. The molecule has 19 heavy (non-hydrogen) atoms. The zero-order valence-electron chi connectivity index (χ0n) is 10.9. The van der Waals surface area contributed by atoms with Crippen LogP contribution in [0.25, 0.3) is 0 Å². The fourth-order valence-electron chi connectivity index (χ4n) is 1.67. The van der Waals surface area contributed by atoms with E-state index in [1.807, 2.05) is 6.92 Å². The largest absolute Gasteiger partial charge is 0.409 e. The number of hydrogen-bond acceptors (Lipinski definition) is 3. The Morgan fingerprint density at radius 3 is 2.89 bits per heavy atom. The van der Waals surface area contributed by atoms with Crippen LogP contribution < -0.4 is 11.1 Å². The van der Waals surface area contributed by atoms with Crippen molar-refractivity contribution in [2.24, 2.45) is 10.9 Å². The van der Waals surface area contributed by atoms with E-state index in [-0.39, 0.29) is 11.9 Å². The monoisotopic (exact) mass is 263 g/mol. The number of nitrogens with zero attached hydrogens (tertiary/aromatic N) is 1. The molecule has 102 valence electrons. The van der Waals surface area contributed by atoms with Crippen LogP contribution in [-0.4, -0.2) is 17.1 Å². The molecule has 0 fully saturated rings. The van der Waals surface area contributed by atoms with Gasteiger partial charge in [-0.2, -0.15) is 0 Å². The molecule has 0 aliphatic carbocycles. The molecular formula is C14H18FN3O. The zero-order chi connectivity index (χ0) is 14.3. The Kier molecular flexibility index (Phi) is 5.83. The SMILES string of the molecule is C#CCC(CC)NCc1ccc(/C(N)=N/O)cc1F. The lowest BCUT2D eigenvalue weighted by atomic mass is 10.1. The van der Waals surface area contributed by atoms with Gasteiger partial charge in [0.1, 0.15) is 5.82 Å². The van der Waals surface area contributed by atoms with E-state index in [1.54, 1.807) is 12.1 Å². The van der Waals surface area contributed by atoms with Crippen LogP contribution in [0.5, 0.6) is 0 Å². The molecule has 4 nitrogen and oxygen atoms in total. The number of benzene rings is 1. The van der Waals surface area contributed by atoms with Gasteiger partial charge in [0.05, 0.1) is 0 Å². The fraction of sp³-hybridized carbons (Fsp3) is 0.357. The average molecular weight is 263 g/mol. The molecule has 1 atom stereocenters. The highest BCUT2D eigenvalue weighted by Crippen LogP contribution is 2.11. The van der Waals surface area contributed by atoms with Gasteiger partial charge in [0.25, 0.3) is 0 Å². The Balaban J connectivity index is 2.73. The van der Waals surface area contributed by atoms with Crippen LogP contribution in [0.15, 0.2) is 23.4 Å². The van der Waals surface area contributed by atoms with E-state index in [4.69, 9.17) is 17.4 Å².